The second-order valence-corrected chi connectivity index (χ2v) is 5.13. The molecule has 0 unspecified atom stereocenters. The third-order valence-electron chi connectivity index (χ3n) is 3.42. The van der Waals surface area contributed by atoms with Gasteiger partial charge in [0.25, 0.3) is 5.91 Å². The lowest BCUT2D eigenvalue weighted by molar-refractivity contribution is -0.274. The molecule has 0 saturated carbocycles. The van der Waals surface area contributed by atoms with Crippen LogP contribution in [0.15, 0.2) is 36.5 Å². The van der Waals surface area contributed by atoms with Crippen LogP contribution in [0.1, 0.15) is 21.6 Å². The molecule has 0 spiro atoms. The number of hydrogen-bond acceptors (Lipinski definition) is 4. The molecule has 1 N–H and O–H groups in total. The molecule has 1 amide bonds. The number of carbonyl (C=O) groups is 1. The second kappa shape index (κ2) is 6.48. The Morgan fingerprint density at radius 1 is 1.29 bits per heavy atom. The van der Waals surface area contributed by atoms with Crippen LogP contribution in [0.2, 0.25) is 0 Å². The highest BCUT2D eigenvalue weighted by molar-refractivity contribution is 6.06. The number of anilines is 1. The maximum Gasteiger partial charge on any atom is 0.573 e. The van der Waals surface area contributed by atoms with E-state index in [1.807, 2.05) is 0 Å². The highest BCUT2D eigenvalue weighted by Crippen LogP contribution is 2.27. The van der Waals surface area contributed by atoms with Gasteiger partial charge in [-0.2, -0.15) is 0 Å². The molecule has 1 aromatic carbocycles. The third kappa shape index (κ3) is 3.83. The molecule has 0 atom stereocenters. The number of ether oxygens (including phenoxy) is 2. The average molecular weight is 338 g/mol. The minimum atomic E-state index is -4.87. The summed E-state index contributed by atoms with van der Waals surface area (Å²) < 4.78 is 46.5. The summed E-state index contributed by atoms with van der Waals surface area (Å²) in [5, 5.41) is 2.53. The smallest absolute Gasteiger partial charge is 0.405 e. The van der Waals surface area contributed by atoms with Gasteiger partial charge >= 0.3 is 6.36 Å². The molecule has 126 valence electrons. The van der Waals surface area contributed by atoms with Crippen molar-refractivity contribution in [3.63, 3.8) is 0 Å². The van der Waals surface area contributed by atoms with E-state index in [1.165, 1.54) is 24.4 Å². The van der Waals surface area contributed by atoms with Crippen LogP contribution < -0.4 is 10.1 Å². The van der Waals surface area contributed by atoms with Crippen LogP contribution in [0.3, 0.4) is 0 Å². The predicted molar refractivity (Wildman–Crippen MR) is 78.7 cm³/mol. The molecule has 5 nitrogen and oxygen atoms in total. The van der Waals surface area contributed by atoms with E-state index >= 15 is 0 Å². The van der Waals surface area contributed by atoms with Gasteiger partial charge < -0.3 is 14.8 Å². The van der Waals surface area contributed by atoms with Crippen LogP contribution in [0.4, 0.5) is 18.9 Å². The van der Waals surface area contributed by atoms with Gasteiger partial charge in [0.15, 0.2) is 0 Å². The fourth-order valence-corrected chi connectivity index (χ4v) is 2.37. The summed E-state index contributed by atoms with van der Waals surface area (Å²) in [6.07, 6.45) is -2.72. The number of rotatable bonds is 3. The Morgan fingerprint density at radius 2 is 2.08 bits per heavy atom. The topological polar surface area (TPSA) is 60.5 Å². The number of hydrogen-bond donors (Lipinski definition) is 1. The molecule has 1 aliphatic heterocycles. The molecule has 8 heteroatoms. The van der Waals surface area contributed by atoms with Gasteiger partial charge in [0.1, 0.15) is 5.75 Å². The van der Waals surface area contributed by atoms with Crippen molar-refractivity contribution in [1.82, 2.24) is 4.98 Å². The quantitative estimate of drug-likeness (QED) is 0.933. The zero-order valence-electron chi connectivity index (χ0n) is 12.4. The standard InChI is InChI=1S/C16H13F3N2O3/c17-16(18,19)24-14-4-2-1-3-12(14)15(22)21-11-7-10-9-23-6-5-13(10)20-8-11/h1-4,7-8H,5-6,9H2,(H,21,22). The lowest BCUT2D eigenvalue weighted by Crippen LogP contribution is -2.21. The lowest BCUT2D eigenvalue weighted by atomic mass is 10.1. The van der Waals surface area contributed by atoms with Crippen molar-refractivity contribution < 1.29 is 27.4 Å². The van der Waals surface area contributed by atoms with E-state index in [4.69, 9.17) is 4.74 Å². The monoisotopic (exact) mass is 338 g/mol. The van der Waals surface area contributed by atoms with Crippen LogP contribution in [0.25, 0.3) is 0 Å². The van der Waals surface area contributed by atoms with Crippen LogP contribution in [0, 0.1) is 0 Å². The first-order valence-corrected chi connectivity index (χ1v) is 7.14. The SMILES string of the molecule is O=C(Nc1cnc2c(c1)COCC2)c1ccccc1OC(F)(F)F. The number of amides is 1. The maximum atomic E-state index is 12.4. The molecule has 0 bridgehead atoms. The molecule has 1 aromatic heterocycles. The Labute approximate surface area is 135 Å². The molecule has 24 heavy (non-hydrogen) atoms. The summed E-state index contributed by atoms with van der Waals surface area (Å²) in [6, 6.07) is 6.85. The van der Waals surface area contributed by atoms with E-state index in [0.717, 1.165) is 17.3 Å². The fourth-order valence-electron chi connectivity index (χ4n) is 2.37. The summed E-state index contributed by atoms with van der Waals surface area (Å²) in [4.78, 5) is 16.5. The Balaban J connectivity index is 1.80. The van der Waals surface area contributed by atoms with E-state index in [0.29, 0.717) is 25.3 Å². The number of fused-ring (bicyclic) bond motifs is 1. The van der Waals surface area contributed by atoms with Crippen molar-refractivity contribution in [2.24, 2.45) is 0 Å². The maximum absolute atomic E-state index is 12.4. The lowest BCUT2D eigenvalue weighted by Gasteiger charge is -2.17. The van der Waals surface area contributed by atoms with Crippen molar-refractivity contribution in [2.75, 3.05) is 11.9 Å². The number of pyridine rings is 1. The third-order valence-corrected chi connectivity index (χ3v) is 3.42. The molecule has 2 heterocycles. The van der Waals surface area contributed by atoms with Gasteiger partial charge in [-0.1, -0.05) is 12.1 Å². The Morgan fingerprint density at radius 3 is 2.88 bits per heavy atom. The van der Waals surface area contributed by atoms with E-state index < -0.39 is 18.0 Å². The number of halogens is 3. The summed E-state index contributed by atoms with van der Waals surface area (Å²) in [5.41, 5.74) is 1.90. The molecular formula is C16H13F3N2O3. The van der Waals surface area contributed by atoms with Crippen molar-refractivity contribution in [3.05, 3.63) is 53.3 Å². The number of nitrogens with zero attached hydrogens (tertiary/aromatic N) is 1. The Hall–Kier alpha value is -2.61. The van der Waals surface area contributed by atoms with Gasteiger partial charge in [-0.05, 0) is 18.2 Å². The molecule has 0 fully saturated rings. The average Bonchev–Trinajstić information content (AvgIpc) is 2.53. The van der Waals surface area contributed by atoms with E-state index in [9.17, 15) is 18.0 Å². The van der Waals surface area contributed by atoms with Crippen LogP contribution in [-0.2, 0) is 17.8 Å². The second-order valence-electron chi connectivity index (χ2n) is 5.13. The summed E-state index contributed by atoms with van der Waals surface area (Å²) in [7, 11) is 0. The zero-order chi connectivity index (χ0) is 17.2. The summed E-state index contributed by atoms with van der Waals surface area (Å²) in [6.45, 7) is 0.980. The van der Waals surface area contributed by atoms with Crippen molar-refractivity contribution in [1.29, 1.82) is 0 Å². The molecule has 3 rings (SSSR count). The first-order valence-electron chi connectivity index (χ1n) is 7.14. The van der Waals surface area contributed by atoms with Crippen molar-refractivity contribution >= 4 is 11.6 Å². The highest BCUT2D eigenvalue weighted by atomic mass is 19.4. The Bertz CT molecular complexity index is 762. The first-order chi connectivity index (χ1) is 11.4. The number of nitrogens with one attached hydrogen (secondary N) is 1. The number of para-hydroxylation sites is 1. The van der Waals surface area contributed by atoms with Gasteiger partial charge in [0.05, 0.1) is 30.7 Å². The predicted octanol–water partition coefficient (Wildman–Crippen LogP) is 3.31. The Kier molecular flexibility index (Phi) is 4.39. The normalized spacial score (nSPS) is 14.0. The van der Waals surface area contributed by atoms with E-state index in [-0.39, 0.29) is 5.56 Å². The molecular weight excluding hydrogens is 325 g/mol. The number of aromatic nitrogens is 1. The van der Waals surface area contributed by atoms with Gasteiger partial charge in [0, 0.05) is 17.7 Å². The number of benzene rings is 1. The van der Waals surface area contributed by atoms with Crippen LogP contribution >= 0.6 is 0 Å². The largest absolute Gasteiger partial charge is 0.573 e. The molecule has 0 radical (unpaired) electrons. The first kappa shape index (κ1) is 16.3. The van der Waals surface area contributed by atoms with Gasteiger partial charge in [-0.25, -0.2) is 0 Å². The molecule has 0 saturated heterocycles. The minimum absolute atomic E-state index is 0.219. The number of alkyl halides is 3. The fraction of sp³-hybridized carbons (Fsp3) is 0.250. The van der Waals surface area contributed by atoms with E-state index in [1.54, 1.807) is 6.07 Å². The molecule has 1 aliphatic rings. The zero-order valence-corrected chi connectivity index (χ0v) is 12.4. The van der Waals surface area contributed by atoms with Crippen LogP contribution in [-0.4, -0.2) is 23.9 Å². The van der Waals surface area contributed by atoms with Crippen molar-refractivity contribution in [2.45, 2.75) is 19.4 Å². The highest BCUT2D eigenvalue weighted by Gasteiger charge is 2.32. The summed E-state index contributed by atoms with van der Waals surface area (Å²) >= 11 is 0. The van der Waals surface area contributed by atoms with Crippen molar-refractivity contribution in [3.8, 4) is 5.75 Å². The van der Waals surface area contributed by atoms with Crippen LogP contribution in [0.5, 0.6) is 5.75 Å². The van der Waals surface area contributed by atoms with E-state index in [2.05, 4.69) is 15.0 Å². The molecule has 0 aliphatic carbocycles. The summed E-state index contributed by atoms with van der Waals surface area (Å²) in [5.74, 6) is -1.27. The van der Waals surface area contributed by atoms with Gasteiger partial charge in [0.2, 0.25) is 0 Å². The molecule has 2 aromatic rings. The van der Waals surface area contributed by atoms with Gasteiger partial charge in [-0.3, -0.25) is 9.78 Å². The minimum Gasteiger partial charge on any atom is -0.405 e. The van der Waals surface area contributed by atoms with Gasteiger partial charge in [-0.15, -0.1) is 13.2 Å². The number of carbonyl (C=O) groups excluding carboxylic acids is 1.